The van der Waals surface area contributed by atoms with Crippen LogP contribution < -0.4 is 10.5 Å². The van der Waals surface area contributed by atoms with Gasteiger partial charge in [-0.05, 0) is 24.3 Å². The summed E-state index contributed by atoms with van der Waals surface area (Å²) in [6, 6.07) is 18.0. The number of nitrogens with zero attached hydrogens (tertiary/aromatic N) is 4. The van der Waals surface area contributed by atoms with E-state index >= 15 is 0 Å². The van der Waals surface area contributed by atoms with Crippen molar-refractivity contribution < 1.29 is 0 Å². The van der Waals surface area contributed by atoms with Crippen LogP contribution in [0, 0.1) is 0 Å². The molecule has 24 heavy (non-hydrogen) atoms. The Kier molecular flexibility index (Phi) is 4.01. The average Bonchev–Trinajstić information content (AvgIpc) is 2.66. The van der Waals surface area contributed by atoms with Gasteiger partial charge in [0.25, 0.3) is 5.56 Å². The number of fused-ring (bicyclic) bond motifs is 1. The van der Waals surface area contributed by atoms with Gasteiger partial charge in [-0.15, -0.1) is 0 Å². The van der Waals surface area contributed by atoms with E-state index in [1.165, 1.54) is 5.69 Å². The molecular weight excluding hydrogens is 300 g/mol. The van der Waals surface area contributed by atoms with Crippen molar-refractivity contribution in [1.82, 2.24) is 14.5 Å². The quantitative estimate of drug-likeness (QED) is 0.742. The molecule has 122 valence electrons. The van der Waals surface area contributed by atoms with Crippen LogP contribution in [-0.2, 0) is 6.67 Å². The minimum atomic E-state index is 0.0334. The summed E-state index contributed by atoms with van der Waals surface area (Å²) in [7, 11) is 0. The van der Waals surface area contributed by atoms with Gasteiger partial charge in [0, 0.05) is 31.9 Å². The van der Waals surface area contributed by atoms with E-state index in [1.54, 1.807) is 10.9 Å². The smallest absolute Gasteiger partial charge is 0.262 e. The predicted octanol–water partition coefficient (Wildman–Crippen LogP) is 2.18. The van der Waals surface area contributed by atoms with Crippen molar-refractivity contribution in [3.05, 3.63) is 71.3 Å². The van der Waals surface area contributed by atoms with E-state index in [9.17, 15) is 4.79 Å². The summed E-state index contributed by atoms with van der Waals surface area (Å²) in [4.78, 5) is 21.7. The Morgan fingerprint density at radius 3 is 2.38 bits per heavy atom. The maximum atomic E-state index is 12.6. The Bertz CT molecular complexity index is 883. The van der Waals surface area contributed by atoms with Crippen molar-refractivity contribution in [2.24, 2.45) is 0 Å². The van der Waals surface area contributed by atoms with Crippen molar-refractivity contribution in [3.63, 3.8) is 0 Å². The number of hydrogen-bond acceptors (Lipinski definition) is 4. The molecule has 0 radical (unpaired) electrons. The van der Waals surface area contributed by atoms with Crippen LogP contribution in [0.2, 0.25) is 0 Å². The Labute approximate surface area is 140 Å². The van der Waals surface area contributed by atoms with Crippen LogP contribution in [0.1, 0.15) is 0 Å². The van der Waals surface area contributed by atoms with Gasteiger partial charge in [-0.1, -0.05) is 30.3 Å². The highest BCUT2D eigenvalue weighted by molar-refractivity contribution is 5.76. The summed E-state index contributed by atoms with van der Waals surface area (Å²) in [5.74, 6) is 0. The highest BCUT2D eigenvalue weighted by atomic mass is 16.1. The molecule has 1 aliphatic heterocycles. The fourth-order valence-corrected chi connectivity index (χ4v) is 3.21. The van der Waals surface area contributed by atoms with Crippen molar-refractivity contribution >= 4 is 16.6 Å². The highest BCUT2D eigenvalue weighted by Gasteiger charge is 2.17. The number of benzene rings is 2. The van der Waals surface area contributed by atoms with Crippen LogP contribution in [-0.4, -0.2) is 40.6 Å². The van der Waals surface area contributed by atoms with Gasteiger partial charge in [-0.2, -0.15) is 0 Å². The number of aromatic nitrogens is 2. The van der Waals surface area contributed by atoms with E-state index in [4.69, 9.17) is 0 Å². The first kappa shape index (κ1) is 14.9. The van der Waals surface area contributed by atoms with Crippen LogP contribution in [0.25, 0.3) is 10.9 Å². The molecule has 0 atom stereocenters. The Balaban J connectivity index is 1.46. The van der Waals surface area contributed by atoms with E-state index in [0.29, 0.717) is 12.1 Å². The molecule has 2 heterocycles. The third kappa shape index (κ3) is 2.90. The summed E-state index contributed by atoms with van der Waals surface area (Å²) < 4.78 is 1.71. The molecule has 5 heteroatoms. The van der Waals surface area contributed by atoms with E-state index in [1.807, 2.05) is 30.3 Å². The molecule has 1 aromatic heterocycles. The van der Waals surface area contributed by atoms with Crippen LogP contribution in [0.15, 0.2) is 65.7 Å². The van der Waals surface area contributed by atoms with Gasteiger partial charge in [0.2, 0.25) is 0 Å². The van der Waals surface area contributed by atoms with Gasteiger partial charge in [0.15, 0.2) is 0 Å². The van der Waals surface area contributed by atoms with E-state index in [-0.39, 0.29) is 5.56 Å². The zero-order valence-corrected chi connectivity index (χ0v) is 13.5. The lowest BCUT2D eigenvalue weighted by atomic mass is 10.2. The molecule has 1 aliphatic rings. The first-order valence-electron chi connectivity index (χ1n) is 8.28. The topological polar surface area (TPSA) is 41.4 Å². The van der Waals surface area contributed by atoms with Gasteiger partial charge in [-0.25, -0.2) is 4.98 Å². The zero-order valence-electron chi connectivity index (χ0n) is 13.5. The average molecular weight is 320 g/mol. The molecule has 0 spiro atoms. The number of hydrogen-bond donors (Lipinski definition) is 0. The molecule has 0 saturated carbocycles. The van der Waals surface area contributed by atoms with Gasteiger partial charge >= 0.3 is 0 Å². The summed E-state index contributed by atoms with van der Waals surface area (Å²) in [6.07, 6.45) is 1.66. The minimum Gasteiger partial charge on any atom is -0.369 e. The monoisotopic (exact) mass is 320 g/mol. The lowest BCUT2D eigenvalue weighted by Crippen LogP contribution is -2.47. The summed E-state index contributed by atoms with van der Waals surface area (Å²) >= 11 is 0. The van der Waals surface area contributed by atoms with Crippen molar-refractivity contribution in [2.45, 2.75) is 6.67 Å². The number of piperazine rings is 1. The van der Waals surface area contributed by atoms with E-state index in [0.717, 1.165) is 31.7 Å². The van der Waals surface area contributed by atoms with Crippen molar-refractivity contribution in [3.8, 4) is 0 Å². The molecule has 1 saturated heterocycles. The standard InChI is InChI=1S/C19H20N4O/c24-19-17-8-4-5-9-18(17)20-14-23(19)15-21-10-12-22(13-11-21)16-6-2-1-3-7-16/h1-9,14H,10-13,15H2. The molecule has 4 rings (SSSR count). The first-order valence-corrected chi connectivity index (χ1v) is 8.28. The summed E-state index contributed by atoms with van der Waals surface area (Å²) in [5, 5.41) is 0.683. The second-order valence-electron chi connectivity index (χ2n) is 6.12. The van der Waals surface area contributed by atoms with Crippen molar-refractivity contribution in [1.29, 1.82) is 0 Å². The maximum Gasteiger partial charge on any atom is 0.262 e. The van der Waals surface area contributed by atoms with E-state index < -0.39 is 0 Å². The van der Waals surface area contributed by atoms with Gasteiger partial charge in [0.05, 0.1) is 23.9 Å². The molecule has 0 aliphatic carbocycles. The summed E-state index contributed by atoms with van der Waals surface area (Å²) in [6.45, 7) is 4.42. The highest BCUT2D eigenvalue weighted by Crippen LogP contribution is 2.15. The largest absolute Gasteiger partial charge is 0.369 e. The minimum absolute atomic E-state index is 0.0334. The van der Waals surface area contributed by atoms with Crippen molar-refractivity contribution in [2.75, 3.05) is 31.1 Å². The second kappa shape index (κ2) is 6.45. The summed E-state index contributed by atoms with van der Waals surface area (Å²) in [5.41, 5.74) is 2.06. The molecule has 2 aromatic carbocycles. The molecule has 0 amide bonds. The number of para-hydroxylation sites is 2. The Hall–Kier alpha value is -2.66. The first-order chi connectivity index (χ1) is 11.8. The second-order valence-corrected chi connectivity index (χ2v) is 6.12. The van der Waals surface area contributed by atoms with Gasteiger partial charge in [-0.3, -0.25) is 14.3 Å². The molecule has 3 aromatic rings. The van der Waals surface area contributed by atoms with Gasteiger partial charge in [0.1, 0.15) is 0 Å². The lowest BCUT2D eigenvalue weighted by molar-refractivity contribution is 0.203. The molecule has 0 bridgehead atoms. The molecule has 0 N–H and O–H groups in total. The van der Waals surface area contributed by atoms with Crippen LogP contribution in [0.3, 0.4) is 0 Å². The number of anilines is 1. The molecule has 1 fully saturated rings. The third-order valence-electron chi connectivity index (χ3n) is 4.58. The normalized spacial score (nSPS) is 15.8. The van der Waals surface area contributed by atoms with Crippen LogP contribution in [0.4, 0.5) is 5.69 Å². The molecule has 0 unspecified atom stereocenters. The number of rotatable bonds is 3. The Morgan fingerprint density at radius 2 is 1.58 bits per heavy atom. The predicted molar refractivity (Wildman–Crippen MR) is 96.2 cm³/mol. The maximum absolute atomic E-state index is 12.6. The third-order valence-corrected chi connectivity index (χ3v) is 4.58. The van der Waals surface area contributed by atoms with E-state index in [2.05, 4.69) is 39.0 Å². The van der Waals surface area contributed by atoms with Crippen LogP contribution in [0.5, 0.6) is 0 Å². The molecule has 5 nitrogen and oxygen atoms in total. The fourth-order valence-electron chi connectivity index (χ4n) is 3.21. The molecular formula is C19H20N4O. The Morgan fingerprint density at radius 1 is 0.875 bits per heavy atom. The zero-order chi connectivity index (χ0) is 16.4. The SMILES string of the molecule is O=c1c2ccccc2ncn1CN1CCN(c2ccccc2)CC1. The lowest BCUT2D eigenvalue weighted by Gasteiger charge is -2.36. The van der Waals surface area contributed by atoms with Gasteiger partial charge < -0.3 is 4.90 Å². The van der Waals surface area contributed by atoms with Crippen LogP contribution >= 0.6 is 0 Å². The fraction of sp³-hybridized carbons (Fsp3) is 0.263.